The van der Waals surface area contributed by atoms with Crippen LogP contribution < -0.4 is 11.1 Å². The van der Waals surface area contributed by atoms with Crippen molar-refractivity contribution in [3.05, 3.63) is 12.4 Å². The van der Waals surface area contributed by atoms with E-state index in [2.05, 4.69) is 15.3 Å². The lowest BCUT2D eigenvalue weighted by molar-refractivity contribution is -0.131. The fraction of sp³-hybridized carbons (Fsp3) is 0.545. The summed E-state index contributed by atoms with van der Waals surface area (Å²) >= 11 is 0. The highest BCUT2D eigenvalue weighted by Crippen LogP contribution is 2.07. The van der Waals surface area contributed by atoms with Crippen LogP contribution in [0.1, 0.15) is 20.8 Å². The Bertz CT molecular complexity index is 378. The Balaban J connectivity index is 2.65. The molecule has 1 unspecified atom stereocenters. The molecule has 3 N–H and O–H groups in total. The molecule has 0 aliphatic heterocycles. The minimum Gasteiger partial charge on any atom is -0.384 e. The molecule has 1 aromatic heterocycles. The molecule has 0 spiro atoms. The molecule has 6 heteroatoms. The third-order valence-corrected chi connectivity index (χ3v) is 2.50. The maximum Gasteiger partial charge on any atom is 0.244 e. The molecule has 0 aromatic carbocycles. The zero-order valence-electron chi connectivity index (χ0n) is 10.5. The fourth-order valence-electron chi connectivity index (χ4n) is 1.54. The van der Waals surface area contributed by atoms with Gasteiger partial charge in [-0.3, -0.25) is 4.79 Å². The van der Waals surface area contributed by atoms with Crippen LogP contribution >= 0.6 is 0 Å². The number of likely N-dealkylation sites (N-methyl/N-ethyl adjacent to an activating group) is 1. The lowest BCUT2D eigenvalue weighted by Gasteiger charge is -2.23. The van der Waals surface area contributed by atoms with E-state index in [1.165, 1.54) is 6.33 Å². The molecule has 0 aliphatic rings. The lowest BCUT2D eigenvalue weighted by atomic mass is 10.2. The summed E-state index contributed by atoms with van der Waals surface area (Å²) in [6.07, 6.45) is 1.37. The molecule has 17 heavy (non-hydrogen) atoms. The molecule has 94 valence electrons. The van der Waals surface area contributed by atoms with E-state index in [-0.39, 0.29) is 11.9 Å². The highest BCUT2D eigenvalue weighted by Gasteiger charge is 2.18. The molecule has 0 fully saturated rings. The Hall–Kier alpha value is -1.85. The van der Waals surface area contributed by atoms with Gasteiger partial charge in [-0.25, -0.2) is 9.97 Å². The summed E-state index contributed by atoms with van der Waals surface area (Å²) < 4.78 is 0. The van der Waals surface area contributed by atoms with Crippen molar-refractivity contribution in [3.8, 4) is 0 Å². The number of carbonyl (C=O) groups is 1. The molecule has 1 rings (SSSR count). The van der Waals surface area contributed by atoms with Crippen LogP contribution in [0.2, 0.25) is 0 Å². The molecule has 0 radical (unpaired) electrons. The summed E-state index contributed by atoms with van der Waals surface area (Å²) in [6, 6.07) is 1.27. The summed E-state index contributed by atoms with van der Waals surface area (Å²) in [7, 11) is 0. The first-order chi connectivity index (χ1) is 8.08. The first kappa shape index (κ1) is 13.2. The van der Waals surface area contributed by atoms with Gasteiger partial charge in [-0.05, 0) is 20.8 Å². The number of hydrogen-bond acceptors (Lipinski definition) is 5. The maximum atomic E-state index is 12.0. The average molecular weight is 237 g/mol. The third-order valence-electron chi connectivity index (χ3n) is 2.50. The van der Waals surface area contributed by atoms with E-state index < -0.39 is 0 Å². The molecule has 1 heterocycles. The summed E-state index contributed by atoms with van der Waals surface area (Å²) in [5.74, 6) is 0.989. The van der Waals surface area contributed by atoms with Crippen LogP contribution in [-0.4, -0.2) is 39.9 Å². The smallest absolute Gasteiger partial charge is 0.244 e. The number of aromatic nitrogens is 2. The number of rotatable bonds is 5. The first-order valence-electron chi connectivity index (χ1n) is 5.71. The lowest BCUT2D eigenvalue weighted by Crippen LogP contribution is -2.41. The number of nitrogens with one attached hydrogen (secondary N) is 1. The van der Waals surface area contributed by atoms with Crippen molar-refractivity contribution in [2.24, 2.45) is 0 Å². The zero-order valence-corrected chi connectivity index (χ0v) is 10.5. The van der Waals surface area contributed by atoms with E-state index in [1.807, 2.05) is 13.8 Å². The SMILES string of the molecule is CCN(CC)C(=O)C(C)Nc1cc(N)ncn1. The van der Waals surface area contributed by atoms with Gasteiger partial charge in [-0.2, -0.15) is 0 Å². The molecule has 0 saturated carbocycles. The topological polar surface area (TPSA) is 84.1 Å². The van der Waals surface area contributed by atoms with Crippen LogP contribution in [0.15, 0.2) is 12.4 Å². The molecular formula is C11H19N5O. The van der Waals surface area contributed by atoms with Crippen molar-refractivity contribution in [1.29, 1.82) is 0 Å². The number of hydrogen-bond donors (Lipinski definition) is 2. The Morgan fingerprint density at radius 1 is 1.47 bits per heavy atom. The predicted octanol–water partition coefficient (Wildman–Crippen LogP) is 0.728. The quantitative estimate of drug-likeness (QED) is 0.788. The molecule has 0 saturated heterocycles. The normalized spacial score (nSPS) is 11.9. The van der Waals surface area contributed by atoms with Gasteiger partial charge in [-0.1, -0.05) is 0 Å². The number of anilines is 2. The van der Waals surface area contributed by atoms with E-state index in [1.54, 1.807) is 17.9 Å². The van der Waals surface area contributed by atoms with Crippen LogP contribution in [0.3, 0.4) is 0 Å². The number of nitrogens with zero attached hydrogens (tertiary/aromatic N) is 3. The van der Waals surface area contributed by atoms with Crippen LogP contribution in [0, 0.1) is 0 Å². The molecule has 0 bridgehead atoms. The highest BCUT2D eigenvalue weighted by atomic mass is 16.2. The van der Waals surface area contributed by atoms with Gasteiger partial charge in [0.05, 0.1) is 0 Å². The van der Waals surface area contributed by atoms with Gasteiger partial charge in [0.1, 0.15) is 24.0 Å². The minimum atomic E-state index is -0.329. The predicted molar refractivity (Wildman–Crippen MR) is 67.5 cm³/mol. The maximum absolute atomic E-state index is 12.0. The van der Waals surface area contributed by atoms with Crippen molar-refractivity contribution in [3.63, 3.8) is 0 Å². The van der Waals surface area contributed by atoms with Crippen molar-refractivity contribution in [1.82, 2.24) is 14.9 Å². The van der Waals surface area contributed by atoms with Crippen LogP contribution in [-0.2, 0) is 4.79 Å². The second kappa shape index (κ2) is 6.03. The largest absolute Gasteiger partial charge is 0.384 e. The number of nitrogens with two attached hydrogens (primary N) is 1. The standard InChI is InChI=1S/C11H19N5O/c1-4-16(5-2)11(17)8(3)15-10-6-9(12)13-7-14-10/h6-8H,4-5H2,1-3H3,(H3,12,13,14,15). The second-order valence-corrected chi connectivity index (χ2v) is 3.70. The Labute approximate surface area is 101 Å². The van der Waals surface area contributed by atoms with Gasteiger partial charge in [0.15, 0.2) is 0 Å². The van der Waals surface area contributed by atoms with E-state index in [9.17, 15) is 4.79 Å². The van der Waals surface area contributed by atoms with Crippen LogP contribution in [0.25, 0.3) is 0 Å². The monoisotopic (exact) mass is 237 g/mol. The van der Waals surface area contributed by atoms with Gasteiger partial charge in [0, 0.05) is 19.2 Å². The Kier molecular flexibility index (Phi) is 4.68. The summed E-state index contributed by atoms with van der Waals surface area (Å²) in [5, 5.41) is 3.01. The molecule has 1 aromatic rings. The van der Waals surface area contributed by atoms with E-state index in [0.717, 1.165) is 0 Å². The third kappa shape index (κ3) is 3.58. The number of nitrogen functional groups attached to an aromatic ring is 1. The fourth-order valence-corrected chi connectivity index (χ4v) is 1.54. The number of carbonyl (C=O) groups excluding carboxylic acids is 1. The van der Waals surface area contributed by atoms with Gasteiger partial charge >= 0.3 is 0 Å². The zero-order chi connectivity index (χ0) is 12.8. The second-order valence-electron chi connectivity index (χ2n) is 3.70. The van der Waals surface area contributed by atoms with Crippen LogP contribution in [0.5, 0.6) is 0 Å². The van der Waals surface area contributed by atoms with Crippen LogP contribution in [0.4, 0.5) is 11.6 Å². The van der Waals surface area contributed by atoms with E-state index in [0.29, 0.717) is 24.7 Å². The summed E-state index contributed by atoms with van der Waals surface area (Å²) in [6.45, 7) is 7.12. The van der Waals surface area contributed by atoms with Gasteiger partial charge in [0.2, 0.25) is 5.91 Å². The molecule has 1 amide bonds. The summed E-state index contributed by atoms with van der Waals surface area (Å²) in [4.78, 5) is 21.5. The number of amides is 1. The van der Waals surface area contributed by atoms with Gasteiger partial charge in [-0.15, -0.1) is 0 Å². The minimum absolute atomic E-state index is 0.0483. The molecular weight excluding hydrogens is 218 g/mol. The Morgan fingerprint density at radius 3 is 2.65 bits per heavy atom. The Morgan fingerprint density at radius 2 is 2.12 bits per heavy atom. The van der Waals surface area contributed by atoms with Crippen molar-refractivity contribution in [2.75, 3.05) is 24.1 Å². The van der Waals surface area contributed by atoms with Gasteiger partial charge < -0.3 is 16.0 Å². The van der Waals surface area contributed by atoms with E-state index >= 15 is 0 Å². The van der Waals surface area contributed by atoms with Crippen molar-refractivity contribution >= 4 is 17.5 Å². The molecule has 0 aliphatic carbocycles. The van der Waals surface area contributed by atoms with Gasteiger partial charge in [0.25, 0.3) is 0 Å². The molecule has 6 nitrogen and oxygen atoms in total. The first-order valence-corrected chi connectivity index (χ1v) is 5.71. The van der Waals surface area contributed by atoms with E-state index in [4.69, 9.17) is 5.73 Å². The average Bonchev–Trinajstić information content (AvgIpc) is 2.30. The van der Waals surface area contributed by atoms with Crippen molar-refractivity contribution < 1.29 is 4.79 Å². The highest BCUT2D eigenvalue weighted by molar-refractivity contribution is 5.84. The van der Waals surface area contributed by atoms with Crippen molar-refractivity contribution in [2.45, 2.75) is 26.8 Å². The molecule has 1 atom stereocenters. The summed E-state index contributed by atoms with van der Waals surface area (Å²) in [5.41, 5.74) is 5.54.